The molecule has 0 saturated heterocycles. The van der Waals surface area contributed by atoms with E-state index in [2.05, 4.69) is 15.5 Å². The van der Waals surface area contributed by atoms with Gasteiger partial charge >= 0.3 is 0 Å². The maximum Gasteiger partial charge on any atom is 0.131 e. The molecule has 0 aliphatic heterocycles. The molecule has 0 spiro atoms. The standard InChI is InChI=1S/C13H11F2N5/c14-9-2-1-3-10(15)12(9)13(19-16)8-6-18-20-5-4-17-7-11(8)20/h1-7,13,19H,16H2. The number of nitrogens with two attached hydrogens (primary N) is 1. The van der Waals surface area contributed by atoms with Gasteiger partial charge in [0.15, 0.2) is 0 Å². The molecule has 1 aromatic carbocycles. The predicted octanol–water partition coefficient (Wildman–Crippen LogP) is 1.56. The molecule has 1 unspecified atom stereocenters. The highest BCUT2D eigenvalue weighted by Crippen LogP contribution is 2.28. The average Bonchev–Trinajstić information content (AvgIpc) is 2.87. The Morgan fingerprint density at radius 2 is 1.95 bits per heavy atom. The lowest BCUT2D eigenvalue weighted by atomic mass is 9.99. The van der Waals surface area contributed by atoms with Gasteiger partial charge in [-0.15, -0.1) is 0 Å². The number of aromatic nitrogens is 3. The summed E-state index contributed by atoms with van der Waals surface area (Å²) in [4.78, 5) is 3.98. The van der Waals surface area contributed by atoms with Crippen molar-refractivity contribution in [3.05, 3.63) is 65.7 Å². The van der Waals surface area contributed by atoms with Gasteiger partial charge in [-0.05, 0) is 12.1 Å². The van der Waals surface area contributed by atoms with Gasteiger partial charge in [0.05, 0.1) is 24.0 Å². The van der Waals surface area contributed by atoms with Gasteiger partial charge in [0.25, 0.3) is 0 Å². The summed E-state index contributed by atoms with van der Waals surface area (Å²) in [5.41, 5.74) is 3.46. The van der Waals surface area contributed by atoms with E-state index in [0.717, 1.165) is 0 Å². The van der Waals surface area contributed by atoms with Crippen LogP contribution in [0.5, 0.6) is 0 Å². The Kier molecular flexibility index (Phi) is 3.13. The Labute approximate surface area is 113 Å². The Hall–Kier alpha value is -2.38. The second-order valence-corrected chi connectivity index (χ2v) is 4.24. The molecule has 0 amide bonds. The van der Waals surface area contributed by atoms with Crippen LogP contribution in [0.1, 0.15) is 17.2 Å². The summed E-state index contributed by atoms with van der Waals surface area (Å²) in [6, 6.07) is 2.83. The van der Waals surface area contributed by atoms with Crippen LogP contribution in [0.4, 0.5) is 8.78 Å². The van der Waals surface area contributed by atoms with Crippen LogP contribution in [0.15, 0.2) is 43.0 Å². The van der Waals surface area contributed by atoms with E-state index in [-0.39, 0.29) is 5.56 Å². The molecule has 0 aliphatic rings. The molecule has 0 aliphatic carbocycles. The number of hydrogen-bond acceptors (Lipinski definition) is 4. The van der Waals surface area contributed by atoms with Crippen LogP contribution in [-0.2, 0) is 0 Å². The van der Waals surface area contributed by atoms with Gasteiger partial charge in [-0.2, -0.15) is 5.10 Å². The molecule has 2 aromatic heterocycles. The minimum atomic E-state index is -0.849. The van der Waals surface area contributed by atoms with Crippen molar-refractivity contribution in [2.45, 2.75) is 6.04 Å². The first-order chi connectivity index (χ1) is 9.72. The Morgan fingerprint density at radius 1 is 1.20 bits per heavy atom. The molecule has 20 heavy (non-hydrogen) atoms. The molecule has 2 heterocycles. The molecule has 0 fully saturated rings. The third-order valence-corrected chi connectivity index (χ3v) is 3.12. The number of hydrazine groups is 1. The fourth-order valence-electron chi connectivity index (χ4n) is 2.19. The molecule has 102 valence electrons. The maximum atomic E-state index is 13.9. The van der Waals surface area contributed by atoms with Crippen molar-refractivity contribution >= 4 is 5.52 Å². The second-order valence-electron chi connectivity index (χ2n) is 4.24. The summed E-state index contributed by atoms with van der Waals surface area (Å²) in [7, 11) is 0. The molecule has 3 rings (SSSR count). The maximum absolute atomic E-state index is 13.9. The summed E-state index contributed by atoms with van der Waals surface area (Å²) in [6.07, 6.45) is 6.28. The Balaban J connectivity index is 2.20. The van der Waals surface area contributed by atoms with Crippen LogP contribution in [0.25, 0.3) is 5.52 Å². The minimum absolute atomic E-state index is 0.145. The normalized spacial score (nSPS) is 12.8. The summed E-state index contributed by atoms with van der Waals surface area (Å²) in [5, 5.41) is 4.11. The highest BCUT2D eigenvalue weighted by atomic mass is 19.1. The molecule has 3 N–H and O–H groups in total. The van der Waals surface area contributed by atoms with Crippen LogP contribution < -0.4 is 11.3 Å². The molecule has 5 nitrogen and oxygen atoms in total. The quantitative estimate of drug-likeness (QED) is 0.562. The number of nitrogens with zero attached hydrogens (tertiary/aromatic N) is 3. The van der Waals surface area contributed by atoms with E-state index in [1.807, 2.05) is 0 Å². The van der Waals surface area contributed by atoms with E-state index in [0.29, 0.717) is 11.1 Å². The van der Waals surface area contributed by atoms with E-state index in [9.17, 15) is 8.78 Å². The highest BCUT2D eigenvalue weighted by Gasteiger charge is 2.23. The van der Waals surface area contributed by atoms with Crippen molar-refractivity contribution in [2.75, 3.05) is 0 Å². The minimum Gasteiger partial charge on any atom is -0.271 e. The number of rotatable bonds is 3. The van der Waals surface area contributed by atoms with Gasteiger partial charge in [0.2, 0.25) is 0 Å². The molecule has 0 saturated carbocycles. The van der Waals surface area contributed by atoms with Crippen LogP contribution in [0, 0.1) is 11.6 Å². The largest absolute Gasteiger partial charge is 0.271 e. The number of benzene rings is 1. The zero-order valence-electron chi connectivity index (χ0n) is 10.3. The molecule has 1 atom stereocenters. The third kappa shape index (κ3) is 1.93. The Bertz CT molecular complexity index is 735. The molecule has 0 radical (unpaired) electrons. The third-order valence-electron chi connectivity index (χ3n) is 3.12. The summed E-state index contributed by atoms with van der Waals surface area (Å²) < 4.78 is 29.4. The summed E-state index contributed by atoms with van der Waals surface area (Å²) >= 11 is 0. The lowest BCUT2D eigenvalue weighted by molar-refractivity contribution is 0.512. The van der Waals surface area contributed by atoms with Gasteiger partial charge in [-0.25, -0.2) is 18.7 Å². The predicted molar refractivity (Wildman–Crippen MR) is 68.5 cm³/mol. The Morgan fingerprint density at radius 3 is 2.65 bits per heavy atom. The monoisotopic (exact) mass is 275 g/mol. The van der Waals surface area contributed by atoms with Crippen molar-refractivity contribution in [1.29, 1.82) is 0 Å². The second kappa shape index (κ2) is 4.95. The number of fused-ring (bicyclic) bond motifs is 1. The van der Waals surface area contributed by atoms with Crippen LogP contribution in [0.2, 0.25) is 0 Å². The van der Waals surface area contributed by atoms with Gasteiger partial charge in [0.1, 0.15) is 11.6 Å². The molecule has 0 bridgehead atoms. The van der Waals surface area contributed by atoms with Crippen molar-refractivity contribution in [3.8, 4) is 0 Å². The van der Waals surface area contributed by atoms with Crippen molar-refractivity contribution in [1.82, 2.24) is 20.0 Å². The van der Waals surface area contributed by atoms with Crippen LogP contribution in [0.3, 0.4) is 0 Å². The summed E-state index contributed by atoms with van der Waals surface area (Å²) in [6.45, 7) is 0. The van der Waals surface area contributed by atoms with E-state index in [1.165, 1.54) is 24.4 Å². The summed E-state index contributed by atoms with van der Waals surface area (Å²) in [5.74, 6) is 4.14. The molecular weight excluding hydrogens is 264 g/mol. The first-order valence-electron chi connectivity index (χ1n) is 5.89. The molecular formula is C13H11F2N5. The van der Waals surface area contributed by atoms with E-state index in [1.54, 1.807) is 23.1 Å². The number of hydrogen-bond donors (Lipinski definition) is 2. The van der Waals surface area contributed by atoms with E-state index < -0.39 is 17.7 Å². The van der Waals surface area contributed by atoms with Gasteiger partial charge in [-0.3, -0.25) is 10.8 Å². The van der Waals surface area contributed by atoms with Crippen LogP contribution in [-0.4, -0.2) is 14.6 Å². The molecule has 3 aromatic rings. The smallest absolute Gasteiger partial charge is 0.131 e. The zero-order chi connectivity index (χ0) is 14.1. The van der Waals surface area contributed by atoms with Crippen molar-refractivity contribution in [2.24, 2.45) is 5.84 Å². The number of nitrogens with one attached hydrogen (secondary N) is 1. The van der Waals surface area contributed by atoms with E-state index >= 15 is 0 Å². The lowest BCUT2D eigenvalue weighted by Crippen LogP contribution is -2.30. The topological polar surface area (TPSA) is 68.2 Å². The van der Waals surface area contributed by atoms with Crippen molar-refractivity contribution in [3.63, 3.8) is 0 Å². The number of halogens is 2. The zero-order valence-corrected chi connectivity index (χ0v) is 10.3. The fourth-order valence-corrected chi connectivity index (χ4v) is 2.19. The SMILES string of the molecule is NNC(c1c(F)cccc1F)c1cnn2ccncc12. The first-order valence-corrected chi connectivity index (χ1v) is 5.89. The average molecular weight is 275 g/mol. The molecule has 7 heteroatoms. The van der Waals surface area contributed by atoms with Gasteiger partial charge in [-0.1, -0.05) is 6.07 Å². The first kappa shape index (κ1) is 12.6. The van der Waals surface area contributed by atoms with Crippen molar-refractivity contribution < 1.29 is 8.78 Å². The van der Waals surface area contributed by atoms with Gasteiger partial charge < -0.3 is 0 Å². The van der Waals surface area contributed by atoms with Crippen LogP contribution >= 0.6 is 0 Å². The van der Waals surface area contributed by atoms with Gasteiger partial charge in [0, 0.05) is 23.5 Å². The fraction of sp³-hybridized carbons (Fsp3) is 0.0769. The lowest BCUT2D eigenvalue weighted by Gasteiger charge is -2.16. The van der Waals surface area contributed by atoms with E-state index in [4.69, 9.17) is 5.84 Å². The highest BCUT2D eigenvalue weighted by molar-refractivity contribution is 5.55.